The molecule has 2 rings (SSSR count). The van der Waals surface area contributed by atoms with E-state index in [0.29, 0.717) is 40.6 Å². The molecule has 0 saturated heterocycles. The second-order valence-corrected chi connectivity index (χ2v) is 8.23. The van der Waals surface area contributed by atoms with Gasteiger partial charge in [-0.25, -0.2) is 4.79 Å². The second kappa shape index (κ2) is 11.1. The van der Waals surface area contributed by atoms with Crippen molar-refractivity contribution >= 4 is 11.9 Å². The molecule has 3 atom stereocenters. The summed E-state index contributed by atoms with van der Waals surface area (Å²) in [5.74, 6) is 1.63. The van der Waals surface area contributed by atoms with Crippen molar-refractivity contribution in [2.45, 2.75) is 52.6 Å². The first-order chi connectivity index (χ1) is 14.3. The molecule has 0 radical (unpaired) electrons. The smallest absolute Gasteiger partial charge is 0.344 e. The van der Waals surface area contributed by atoms with E-state index in [1.807, 2.05) is 0 Å². The van der Waals surface area contributed by atoms with Gasteiger partial charge in [0.25, 0.3) is 0 Å². The molecule has 1 saturated carbocycles. The van der Waals surface area contributed by atoms with Crippen LogP contribution in [0.5, 0.6) is 17.2 Å². The van der Waals surface area contributed by atoms with Crippen molar-refractivity contribution in [3.05, 3.63) is 17.7 Å². The zero-order chi connectivity index (χ0) is 22.3. The Balaban J connectivity index is 1.92. The van der Waals surface area contributed by atoms with Crippen molar-refractivity contribution in [3.63, 3.8) is 0 Å². The van der Waals surface area contributed by atoms with Gasteiger partial charge >= 0.3 is 11.9 Å². The van der Waals surface area contributed by atoms with Crippen molar-refractivity contribution in [1.29, 1.82) is 0 Å². The molecular weight excluding hydrogens is 388 g/mol. The van der Waals surface area contributed by atoms with E-state index in [0.717, 1.165) is 19.3 Å². The van der Waals surface area contributed by atoms with Crippen LogP contribution in [0.1, 0.15) is 45.6 Å². The van der Waals surface area contributed by atoms with Gasteiger partial charge in [0.1, 0.15) is 6.10 Å². The van der Waals surface area contributed by atoms with Crippen molar-refractivity contribution in [3.8, 4) is 17.2 Å². The predicted octanol–water partition coefficient (Wildman–Crippen LogP) is 3.80. The maximum atomic E-state index is 12.3. The Morgan fingerprint density at radius 2 is 1.63 bits per heavy atom. The van der Waals surface area contributed by atoms with Crippen molar-refractivity contribution < 1.29 is 33.3 Å². The lowest BCUT2D eigenvalue weighted by molar-refractivity contribution is -0.166. The summed E-state index contributed by atoms with van der Waals surface area (Å²) >= 11 is 0. The van der Waals surface area contributed by atoms with E-state index in [1.165, 1.54) is 21.3 Å². The minimum Gasteiger partial charge on any atom is -0.493 e. The molecule has 0 heterocycles. The topological polar surface area (TPSA) is 80.3 Å². The van der Waals surface area contributed by atoms with E-state index in [4.69, 9.17) is 23.7 Å². The monoisotopic (exact) mass is 422 g/mol. The molecule has 1 aromatic carbocycles. The molecular formula is C23H34O7. The summed E-state index contributed by atoms with van der Waals surface area (Å²) in [6, 6.07) is 3.36. The summed E-state index contributed by atoms with van der Waals surface area (Å²) in [6.45, 7) is 6.09. The molecule has 1 aromatic rings. The number of esters is 2. The molecule has 7 nitrogen and oxygen atoms in total. The maximum Gasteiger partial charge on any atom is 0.344 e. The fourth-order valence-electron chi connectivity index (χ4n) is 4.05. The second-order valence-electron chi connectivity index (χ2n) is 8.23. The molecule has 0 aliphatic heterocycles. The molecule has 1 fully saturated rings. The number of ether oxygens (including phenoxy) is 5. The lowest BCUT2D eigenvalue weighted by atomic mass is 9.75. The van der Waals surface area contributed by atoms with Gasteiger partial charge in [-0.1, -0.05) is 27.2 Å². The molecule has 0 amide bonds. The molecule has 0 unspecified atom stereocenters. The van der Waals surface area contributed by atoms with Crippen LogP contribution in [-0.2, 0) is 25.5 Å². The fourth-order valence-corrected chi connectivity index (χ4v) is 4.05. The zero-order valence-electron chi connectivity index (χ0n) is 18.9. The number of rotatable bonds is 9. The summed E-state index contributed by atoms with van der Waals surface area (Å²) in [5.41, 5.74) is 0.629. The van der Waals surface area contributed by atoms with Crippen molar-refractivity contribution in [1.82, 2.24) is 0 Å². The van der Waals surface area contributed by atoms with E-state index in [9.17, 15) is 9.59 Å². The SMILES string of the molecule is COc1cc(CC(=O)OCC(=O)O[C@@H]2C[C@@H](C)CC[C@H]2C(C)C)cc(OC)c1OC. The Morgan fingerprint density at radius 1 is 1.00 bits per heavy atom. The number of benzene rings is 1. The molecule has 168 valence electrons. The van der Waals surface area contributed by atoms with Gasteiger partial charge in [-0.2, -0.15) is 0 Å². The normalized spacial score (nSPS) is 21.1. The quantitative estimate of drug-likeness (QED) is 0.560. The van der Waals surface area contributed by atoms with E-state index in [-0.39, 0.29) is 19.1 Å². The first-order valence-electron chi connectivity index (χ1n) is 10.4. The molecule has 0 spiro atoms. The van der Waals surface area contributed by atoms with Gasteiger partial charge in [0, 0.05) is 0 Å². The number of carbonyl (C=O) groups excluding carboxylic acids is 2. The minimum atomic E-state index is -0.529. The maximum absolute atomic E-state index is 12.3. The summed E-state index contributed by atoms with van der Waals surface area (Å²) in [6.07, 6.45) is 2.92. The van der Waals surface area contributed by atoms with Gasteiger partial charge in [-0.3, -0.25) is 4.79 Å². The molecule has 30 heavy (non-hydrogen) atoms. The van der Waals surface area contributed by atoms with Crippen LogP contribution in [0.3, 0.4) is 0 Å². The lowest BCUT2D eigenvalue weighted by Gasteiger charge is -2.36. The summed E-state index contributed by atoms with van der Waals surface area (Å²) in [5, 5.41) is 0. The molecule has 7 heteroatoms. The first kappa shape index (κ1) is 23.8. The molecule has 0 aromatic heterocycles. The third kappa shape index (κ3) is 6.28. The summed E-state index contributed by atoms with van der Waals surface area (Å²) in [4.78, 5) is 24.5. The highest BCUT2D eigenvalue weighted by Gasteiger charge is 2.33. The average molecular weight is 423 g/mol. The Kier molecular flexibility index (Phi) is 8.81. The third-order valence-corrected chi connectivity index (χ3v) is 5.67. The number of hydrogen-bond acceptors (Lipinski definition) is 7. The summed E-state index contributed by atoms with van der Waals surface area (Å²) in [7, 11) is 4.52. The number of methoxy groups -OCH3 is 3. The van der Waals surface area contributed by atoms with Gasteiger partial charge in [-0.15, -0.1) is 0 Å². The van der Waals surface area contributed by atoms with Crippen LogP contribution >= 0.6 is 0 Å². The Hall–Kier alpha value is -2.44. The fraction of sp³-hybridized carbons (Fsp3) is 0.652. The number of hydrogen-bond donors (Lipinski definition) is 0. The Morgan fingerprint density at radius 3 is 2.17 bits per heavy atom. The van der Waals surface area contributed by atoms with Crippen LogP contribution in [0.4, 0.5) is 0 Å². The molecule has 0 N–H and O–H groups in total. The van der Waals surface area contributed by atoms with Gasteiger partial charge in [0.05, 0.1) is 27.8 Å². The van der Waals surface area contributed by atoms with Gasteiger partial charge in [-0.05, 0) is 48.3 Å². The Labute approximate surface area is 179 Å². The van der Waals surface area contributed by atoms with Crippen molar-refractivity contribution in [2.75, 3.05) is 27.9 Å². The highest BCUT2D eigenvalue weighted by atomic mass is 16.6. The number of carbonyl (C=O) groups is 2. The van der Waals surface area contributed by atoms with Gasteiger partial charge in [0.2, 0.25) is 5.75 Å². The zero-order valence-corrected chi connectivity index (χ0v) is 18.9. The third-order valence-electron chi connectivity index (χ3n) is 5.67. The van der Waals surface area contributed by atoms with E-state index in [2.05, 4.69) is 20.8 Å². The van der Waals surface area contributed by atoms with Crippen LogP contribution < -0.4 is 14.2 Å². The van der Waals surface area contributed by atoms with Crippen LogP contribution in [0.15, 0.2) is 12.1 Å². The largest absolute Gasteiger partial charge is 0.493 e. The van der Waals surface area contributed by atoms with Crippen LogP contribution in [0, 0.1) is 17.8 Å². The lowest BCUT2D eigenvalue weighted by Crippen LogP contribution is -2.36. The van der Waals surface area contributed by atoms with Crippen LogP contribution in [-0.4, -0.2) is 46.0 Å². The predicted molar refractivity (Wildman–Crippen MR) is 112 cm³/mol. The van der Waals surface area contributed by atoms with E-state index in [1.54, 1.807) is 12.1 Å². The van der Waals surface area contributed by atoms with Gasteiger partial charge in [0.15, 0.2) is 18.1 Å². The Bertz CT molecular complexity index is 703. The first-order valence-corrected chi connectivity index (χ1v) is 10.4. The standard InChI is InChI=1S/C23H34O7/c1-14(2)17-8-7-15(3)9-18(17)30-22(25)13-29-21(24)12-16-10-19(26-4)23(28-6)20(11-16)27-5/h10-11,14-15,17-18H,7-9,12-13H2,1-6H3/t15-,17-,18+/m0/s1. The average Bonchev–Trinajstić information content (AvgIpc) is 2.71. The van der Waals surface area contributed by atoms with E-state index < -0.39 is 11.9 Å². The molecule has 0 bridgehead atoms. The van der Waals surface area contributed by atoms with Crippen LogP contribution in [0.2, 0.25) is 0 Å². The summed E-state index contributed by atoms with van der Waals surface area (Å²) < 4.78 is 26.7. The highest BCUT2D eigenvalue weighted by Crippen LogP contribution is 2.38. The van der Waals surface area contributed by atoms with Gasteiger partial charge < -0.3 is 23.7 Å². The minimum absolute atomic E-state index is 0.0287. The highest BCUT2D eigenvalue weighted by molar-refractivity contribution is 5.78. The van der Waals surface area contributed by atoms with Crippen molar-refractivity contribution in [2.24, 2.45) is 17.8 Å². The van der Waals surface area contributed by atoms with E-state index >= 15 is 0 Å². The molecule has 1 aliphatic rings. The van der Waals surface area contributed by atoms with Crippen LogP contribution in [0.25, 0.3) is 0 Å². The molecule has 1 aliphatic carbocycles.